The third-order valence-electron chi connectivity index (χ3n) is 17.7. The first-order chi connectivity index (χ1) is 40.0. The van der Waals surface area contributed by atoms with Crippen molar-refractivity contribution in [3.05, 3.63) is 263 Å². The van der Waals surface area contributed by atoms with Gasteiger partial charge in [0.2, 0.25) is 0 Å². The Kier molecular flexibility index (Phi) is 11.4. The second-order valence-corrected chi connectivity index (χ2v) is 22.8. The summed E-state index contributed by atoms with van der Waals surface area (Å²) in [6.07, 6.45) is 0. The molecule has 0 saturated carbocycles. The van der Waals surface area contributed by atoms with Crippen LogP contribution in [0.4, 0.5) is 68.2 Å². The molecule has 0 unspecified atom stereocenters. The molecule has 11 aromatic carbocycles. The standard InChI is InChI=1S/C74H60B2N4O2/c1-45-23-9-15-33-59(45)77-63-37-19-13-31-55(63)75-57-43-58-66(44-65(57)79(61-35-17-11-25-47(61)3)69-41-53(39-67(77)71(69)75)81-73-49(5)27-21-28-50(73)6)80(62-36-18-12-26-48(62)4)70-42-54(82-74-51(7)29-22-30-52(74)8)40-68-72(70)76(58)56-32-14-20-38-64(56)78(68)60-34-16-10-24-46(60)2/h9-44H,1-8H3. The van der Waals surface area contributed by atoms with E-state index >= 15 is 0 Å². The SMILES string of the molecule is Cc1ccccc1N1c2ccccc2B2c3cc4c(cc3N(c3ccccc3C)c3cc(Oc5c(C)cccc5C)cc1c32)N(c1ccccc1C)c1cc(Oc2c(C)cccc2C)cc2c1B4c1ccccc1N2c1ccccc1C. The Hall–Kier alpha value is -9.65. The molecular weight excluding hydrogens is 998 g/mol. The fourth-order valence-corrected chi connectivity index (χ4v) is 13.9. The first-order valence-electron chi connectivity index (χ1n) is 28.6. The summed E-state index contributed by atoms with van der Waals surface area (Å²) in [6, 6.07) is 80.6. The van der Waals surface area contributed by atoms with Crippen molar-refractivity contribution < 1.29 is 9.47 Å². The summed E-state index contributed by atoms with van der Waals surface area (Å²) in [6.45, 7) is 17.2. The van der Waals surface area contributed by atoms with Crippen LogP contribution in [-0.4, -0.2) is 13.4 Å². The quantitative estimate of drug-likeness (QED) is 0.141. The van der Waals surface area contributed by atoms with Crippen LogP contribution in [0.5, 0.6) is 23.0 Å². The number of nitrogens with zero attached hydrogens (tertiary/aromatic N) is 4. The molecule has 0 aliphatic carbocycles. The summed E-state index contributed by atoms with van der Waals surface area (Å²) < 4.78 is 14.5. The third-order valence-corrected chi connectivity index (χ3v) is 17.7. The van der Waals surface area contributed by atoms with Gasteiger partial charge < -0.3 is 29.1 Å². The Morgan fingerprint density at radius 3 is 0.817 bits per heavy atom. The summed E-state index contributed by atoms with van der Waals surface area (Å²) in [5, 5.41) is 0. The molecule has 8 heteroatoms. The van der Waals surface area contributed by atoms with Gasteiger partial charge in [0.15, 0.2) is 0 Å². The van der Waals surface area contributed by atoms with Gasteiger partial charge in [-0.2, -0.15) is 0 Å². The molecule has 4 aliphatic heterocycles. The van der Waals surface area contributed by atoms with Crippen LogP contribution in [0.15, 0.2) is 218 Å². The van der Waals surface area contributed by atoms with Crippen LogP contribution in [-0.2, 0) is 0 Å². The minimum absolute atomic E-state index is 0.153. The van der Waals surface area contributed by atoms with Gasteiger partial charge in [-0.05, 0) is 175 Å². The van der Waals surface area contributed by atoms with E-state index in [1.807, 2.05) is 0 Å². The molecule has 0 atom stereocenters. The van der Waals surface area contributed by atoms with E-state index in [-0.39, 0.29) is 13.4 Å². The first kappa shape index (κ1) is 49.4. The molecule has 0 fully saturated rings. The number of anilines is 12. The van der Waals surface area contributed by atoms with Crippen molar-refractivity contribution in [2.75, 3.05) is 19.6 Å². The second-order valence-electron chi connectivity index (χ2n) is 22.8. The van der Waals surface area contributed by atoms with E-state index in [9.17, 15) is 0 Å². The van der Waals surface area contributed by atoms with Crippen LogP contribution in [0, 0.1) is 55.4 Å². The molecule has 0 amide bonds. The molecular formula is C74H60B2N4O2. The zero-order valence-corrected chi connectivity index (χ0v) is 47.5. The topological polar surface area (TPSA) is 31.4 Å². The third kappa shape index (κ3) is 7.50. The van der Waals surface area contributed by atoms with Crippen LogP contribution in [0.2, 0.25) is 0 Å². The lowest BCUT2D eigenvalue weighted by molar-refractivity contribution is 0.475. The molecule has 0 radical (unpaired) electrons. The maximum absolute atomic E-state index is 7.25. The fourth-order valence-electron chi connectivity index (χ4n) is 13.9. The Balaban J connectivity index is 1.07. The Labute approximate surface area is 482 Å². The van der Waals surface area contributed by atoms with E-state index in [4.69, 9.17) is 9.47 Å². The predicted octanol–water partition coefficient (Wildman–Crippen LogP) is 15.9. The number of fused-ring (bicyclic) bond motifs is 8. The molecule has 0 spiro atoms. The average Bonchev–Trinajstić information content (AvgIpc) is 2.26. The maximum Gasteiger partial charge on any atom is 0.252 e. The van der Waals surface area contributed by atoms with Crippen molar-refractivity contribution in [3.63, 3.8) is 0 Å². The maximum atomic E-state index is 7.25. The van der Waals surface area contributed by atoms with Crippen molar-refractivity contribution >= 4 is 114 Å². The lowest BCUT2D eigenvalue weighted by atomic mass is 9.30. The zero-order chi connectivity index (χ0) is 55.7. The summed E-state index contributed by atoms with van der Waals surface area (Å²) in [7, 11) is 0. The van der Waals surface area contributed by atoms with Gasteiger partial charge in [-0.15, -0.1) is 0 Å². The van der Waals surface area contributed by atoms with Crippen molar-refractivity contribution in [1.82, 2.24) is 0 Å². The number of hydrogen-bond donors (Lipinski definition) is 0. The highest BCUT2D eigenvalue weighted by Crippen LogP contribution is 2.52. The van der Waals surface area contributed by atoms with Gasteiger partial charge in [0.25, 0.3) is 13.4 Å². The Bertz CT molecular complexity index is 4150. The van der Waals surface area contributed by atoms with Gasteiger partial charge in [-0.25, -0.2) is 0 Å². The van der Waals surface area contributed by atoms with Crippen molar-refractivity contribution in [2.45, 2.75) is 55.4 Å². The Morgan fingerprint density at radius 2 is 0.500 bits per heavy atom. The van der Waals surface area contributed by atoms with Crippen molar-refractivity contribution in [1.29, 1.82) is 0 Å². The molecule has 0 aromatic heterocycles. The highest BCUT2D eigenvalue weighted by atomic mass is 16.5. The average molecular weight is 1060 g/mol. The van der Waals surface area contributed by atoms with Gasteiger partial charge in [0.05, 0.1) is 0 Å². The fraction of sp³-hybridized carbons (Fsp3) is 0.108. The van der Waals surface area contributed by atoms with Crippen LogP contribution in [0.3, 0.4) is 0 Å². The second kappa shape index (κ2) is 19.0. The molecule has 4 heterocycles. The monoisotopic (exact) mass is 1060 g/mol. The first-order valence-corrected chi connectivity index (χ1v) is 28.6. The minimum Gasteiger partial charge on any atom is -0.457 e. The van der Waals surface area contributed by atoms with E-state index < -0.39 is 0 Å². The van der Waals surface area contributed by atoms with E-state index in [1.54, 1.807) is 0 Å². The van der Waals surface area contributed by atoms with Gasteiger partial charge in [0, 0.05) is 92.5 Å². The van der Waals surface area contributed by atoms with Gasteiger partial charge in [-0.1, -0.05) is 152 Å². The van der Waals surface area contributed by atoms with Crippen LogP contribution in [0.1, 0.15) is 44.5 Å². The molecule has 4 aliphatic rings. The largest absolute Gasteiger partial charge is 0.457 e. The van der Waals surface area contributed by atoms with E-state index in [1.165, 1.54) is 55.0 Å². The molecule has 394 valence electrons. The molecule has 0 bridgehead atoms. The molecule has 82 heavy (non-hydrogen) atoms. The lowest BCUT2D eigenvalue weighted by Crippen LogP contribution is -2.65. The number of para-hydroxylation sites is 8. The molecule has 6 nitrogen and oxygen atoms in total. The highest BCUT2D eigenvalue weighted by molar-refractivity contribution is 7.03. The Morgan fingerprint density at radius 1 is 0.232 bits per heavy atom. The highest BCUT2D eigenvalue weighted by Gasteiger charge is 2.49. The molecule has 0 saturated heterocycles. The zero-order valence-electron chi connectivity index (χ0n) is 47.5. The molecule has 11 aromatic rings. The number of hydrogen-bond acceptors (Lipinski definition) is 6. The normalized spacial score (nSPS) is 13.2. The van der Waals surface area contributed by atoms with Crippen molar-refractivity contribution in [3.8, 4) is 23.0 Å². The van der Waals surface area contributed by atoms with Gasteiger partial charge in [0.1, 0.15) is 23.0 Å². The van der Waals surface area contributed by atoms with E-state index in [2.05, 4.69) is 293 Å². The number of aryl methyl sites for hydroxylation is 8. The number of benzene rings is 11. The molecule has 15 rings (SSSR count). The smallest absolute Gasteiger partial charge is 0.252 e. The van der Waals surface area contributed by atoms with Crippen LogP contribution in [0.25, 0.3) is 0 Å². The summed E-state index contributed by atoms with van der Waals surface area (Å²) in [5.74, 6) is 3.30. The van der Waals surface area contributed by atoms with Crippen molar-refractivity contribution in [2.24, 2.45) is 0 Å². The van der Waals surface area contributed by atoms with Gasteiger partial charge in [-0.3, -0.25) is 0 Å². The summed E-state index contributed by atoms with van der Waals surface area (Å²) in [5.41, 5.74) is 30.0. The summed E-state index contributed by atoms with van der Waals surface area (Å²) >= 11 is 0. The number of ether oxygens (including phenoxy) is 2. The van der Waals surface area contributed by atoms with E-state index in [0.29, 0.717) is 0 Å². The van der Waals surface area contributed by atoms with Crippen LogP contribution >= 0.6 is 0 Å². The van der Waals surface area contributed by atoms with Crippen LogP contribution < -0.4 is 61.9 Å². The predicted molar refractivity (Wildman–Crippen MR) is 345 cm³/mol. The summed E-state index contributed by atoms with van der Waals surface area (Å²) in [4.78, 5) is 10.1. The minimum atomic E-state index is -0.153. The van der Waals surface area contributed by atoms with Gasteiger partial charge >= 0.3 is 0 Å². The number of rotatable bonds is 8. The lowest BCUT2D eigenvalue weighted by Gasteiger charge is -2.47. The van der Waals surface area contributed by atoms with E-state index in [0.717, 1.165) is 114 Å². The molecule has 0 N–H and O–H groups in total.